The minimum absolute atomic E-state index is 0.0201. The third-order valence-electron chi connectivity index (χ3n) is 3.70. The molecule has 0 aliphatic carbocycles. The Kier molecular flexibility index (Phi) is 4.42. The highest BCUT2D eigenvalue weighted by molar-refractivity contribution is 7.12. The molecule has 2 aromatic rings. The maximum atomic E-state index is 12.4. The zero-order valence-electron chi connectivity index (χ0n) is 13.1. The molecule has 0 N–H and O–H groups in total. The van der Waals surface area contributed by atoms with Gasteiger partial charge in [-0.05, 0) is 11.4 Å². The van der Waals surface area contributed by atoms with Crippen LogP contribution in [0.3, 0.4) is 0 Å². The third-order valence-corrected chi connectivity index (χ3v) is 4.56. The summed E-state index contributed by atoms with van der Waals surface area (Å²) in [5.74, 6) is 0.315. The standard InChI is InChI=1S/C15H18N4O3S/c1-10(2)12-16-17-13(22-12)15(21)19-7-5-18(6-8-19)14(20)11-4-3-9-23-11/h3-4,9-10H,5-8H2,1-2H3. The summed E-state index contributed by atoms with van der Waals surface area (Å²) in [6.45, 7) is 5.80. The fraction of sp³-hybridized carbons (Fsp3) is 0.467. The van der Waals surface area contributed by atoms with Gasteiger partial charge in [0, 0.05) is 32.1 Å². The molecule has 0 aromatic carbocycles. The molecular formula is C15H18N4O3S. The van der Waals surface area contributed by atoms with Gasteiger partial charge in [0.2, 0.25) is 5.89 Å². The van der Waals surface area contributed by atoms with Crippen molar-refractivity contribution in [3.05, 3.63) is 34.2 Å². The molecule has 3 heterocycles. The molecule has 1 aliphatic heterocycles. The number of amides is 2. The first-order valence-corrected chi connectivity index (χ1v) is 8.39. The van der Waals surface area contributed by atoms with E-state index in [1.165, 1.54) is 11.3 Å². The molecule has 0 atom stereocenters. The maximum Gasteiger partial charge on any atom is 0.311 e. The lowest BCUT2D eigenvalue weighted by Crippen LogP contribution is -2.50. The largest absolute Gasteiger partial charge is 0.417 e. The Bertz CT molecular complexity index is 687. The Balaban J connectivity index is 1.60. The molecule has 0 bridgehead atoms. The van der Waals surface area contributed by atoms with E-state index in [0.717, 1.165) is 4.88 Å². The molecule has 0 saturated carbocycles. The molecule has 1 aliphatic rings. The number of rotatable bonds is 3. The molecule has 23 heavy (non-hydrogen) atoms. The average molecular weight is 334 g/mol. The molecule has 3 rings (SSSR count). The van der Waals surface area contributed by atoms with Gasteiger partial charge in [-0.3, -0.25) is 9.59 Å². The van der Waals surface area contributed by atoms with E-state index in [1.54, 1.807) is 9.80 Å². The highest BCUT2D eigenvalue weighted by Gasteiger charge is 2.28. The van der Waals surface area contributed by atoms with Gasteiger partial charge in [-0.15, -0.1) is 21.5 Å². The molecule has 0 unspecified atom stereocenters. The number of hydrogen-bond acceptors (Lipinski definition) is 6. The van der Waals surface area contributed by atoms with Gasteiger partial charge < -0.3 is 14.2 Å². The summed E-state index contributed by atoms with van der Waals surface area (Å²) in [5.41, 5.74) is 0. The molecule has 122 valence electrons. The van der Waals surface area contributed by atoms with Crippen LogP contribution in [-0.4, -0.2) is 58.0 Å². The normalized spacial score (nSPS) is 15.3. The second-order valence-corrected chi connectivity index (χ2v) is 6.61. The van der Waals surface area contributed by atoms with E-state index in [4.69, 9.17) is 4.42 Å². The Morgan fingerprint density at radius 3 is 2.30 bits per heavy atom. The quantitative estimate of drug-likeness (QED) is 0.856. The van der Waals surface area contributed by atoms with E-state index in [9.17, 15) is 9.59 Å². The van der Waals surface area contributed by atoms with E-state index >= 15 is 0 Å². The molecule has 1 fully saturated rings. The fourth-order valence-electron chi connectivity index (χ4n) is 2.36. The Labute approximate surface area is 137 Å². The summed E-state index contributed by atoms with van der Waals surface area (Å²) < 4.78 is 5.40. The minimum atomic E-state index is -0.271. The van der Waals surface area contributed by atoms with Gasteiger partial charge in [-0.1, -0.05) is 19.9 Å². The minimum Gasteiger partial charge on any atom is -0.417 e. The summed E-state index contributed by atoms with van der Waals surface area (Å²) in [5, 5.41) is 9.59. The molecule has 1 saturated heterocycles. The molecular weight excluding hydrogens is 316 g/mol. The Morgan fingerprint density at radius 2 is 1.78 bits per heavy atom. The highest BCUT2D eigenvalue weighted by Crippen LogP contribution is 2.16. The van der Waals surface area contributed by atoms with Crippen molar-refractivity contribution in [2.75, 3.05) is 26.2 Å². The average Bonchev–Trinajstić information content (AvgIpc) is 3.25. The Hall–Kier alpha value is -2.22. The van der Waals surface area contributed by atoms with Gasteiger partial charge >= 0.3 is 11.8 Å². The SMILES string of the molecule is CC(C)c1nnc(C(=O)N2CCN(C(=O)c3cccs3)CC2)o1. The molecule has 0 radical (unpaired) electrons. The van der Waals surface area contributed by atoms with Crippen LogP contribution in [0.25, 0.3) is 0 Å². The van der Waals surface area contributed by atoms with E-state index in [2.05, 4.69) is 10.2 Å². The van der Waals surface area contributed by atoms with Crippen LogP contribution in [0.1, 0.15) is 46.0 Å². The van der Waals surface area contributed by atoms with Gasteiger partial charge in [-0.2, -0.15) is 0 Å². The molecule has 2 aromatic heterocycles. The van der Waals surface area contributed by atoms with Crippen molar-refractivity contribution in [3.63, 3.8) is 0 Å². The van der Waals surface area contributed by atoms with Crippen LogP contribution in [0, 0.1) is 0 Å². The van der Waals surface area contributed by atoms with Gasteiger partial charge in [0.1, 0.15) is 0 Å². The van der Waals surface area contributed by atoms with Crippen LogP contribution in [0.2, 0.25) is 0 Å². The van der Waals surface area contributed by atoms with Crippen LogP contribution in [-0.2, 0) is 0 Å². The predicted octanol–water partition coefficient (Wildman–Crippen LogP) is 1.85. The Morgan fingerprint density at radius 1 is 1.13 bits per heavy atom. The van der Waals surface area contributed by atoms with Crippen molar-refractivity contribution in [2.45, 2.75) is 19.8 Å². The van der Waals surface area contributed by atoms with Crippen LogP contribution < -0.4 is 0 Å². The number of nitrogens with zero attached hydrogens (tertiary/aromatic N) is 4. The number of thiophene rings is 1. The van der Waals surface area contributed by atoms with Gasteiger partial charge in [0.15, 0.2) is 0 Å². The first-order valence-electron chi connectivity index (χ1n) is 7.51. The molecule has 2 amide bonds. The van der Waals surface area contributed by atoms with Crippen molar-refractivity contribution < 1.29 is 14.0 Å². The van der Waals surface area contributed by atoms with Crippen LogP contribution in [0.4, 0.5) is 0 Å². The number of carbonyl (C=O) groups is 2. The smallest absolute Gasteiger partial charge is 0.311 e. The van der Waals surface area contributed by atoms with Crippen LogP contribution in [0.5, 0.6) is 0 Å². The number of hydrogen-bond donors (Lipinski definition) is 0. The van der Waals surface area contributed by atoms with Crippen molar-refractivity contribution in [1.82, 2.24) is 20.0 Å². The van der Waals surface area contributed by atoms with Crippen molar-refractivity contribution in [2.24, 2.45) is 0 Å². The summed E-state index contributed by atoms with van der Waals surface area (Å²) in [7, 11) is 0. The molecule has 7 nitrogen and oxygen atoms in total. The maximum absolute atomic E-state index is 12.4. The van der Waals surface area contributed by atoms with Crippen molar-refractivity contribution in [3.8, 4) is 0 Å². The van der Waals surface area contributed by atoms with Gasteiger partial charge in [0.05, 0.1) is 4.88 Å². The van der Waals surface area contributed by atoms with E-state index in [0.29, 0.717) is 32.1 Å². The second-order valence-electron chi connectivity index (χ2n) is 5.66. The number of carbonyl (C=O) groups excluding carboxylic acids is 2. The number of piperazine rings is 1. The lowest BCUT2D eigenvalue weighted by Gasteiger charge is -2.33. The third kappa shape index (κ3) is 3.26. The first kappa shape index (κ1) is 15.7. The monoisotopic (exact) mass is 334 g/mol. The zero-order valence-corrected chi connectivity index (χ0v) is 13.9. The van der Waals surface area contributed by atoms with Gasteiger partial charge in [-0.25, -0.2) is 0 Å². The van der Waals surface area contributed by atoms with Crippen LogP contribution in [0.15, 0.2) is 21.9 Å². The van der Waals surface area contributed by atoms with E-state index < -0.39 is 0 Å². The summed E-state index contributed by atoms with van der Waals surface area (Å²) in [6.07, 6.45) is 0. The van der Waals surface area contributed by atoms with E-state index in [-0.39, 0.29) is 23.6 Å². The van der Waals surface area contributed by atoms with Gasteiger partial charge in [0.25, 0.3) is 5.91 Å². The highest BCUT2D eigenvalue weighted by atomic mass is 32.1. The second kappa shape index (κ2) is 6.49. The summed E-state index contributed by atoms with van der Waals surface area (Å²) in [4.78, 5) is 28.8. The zero-order chi connectivity index (χ0) is 16.4. The summed E-state index contributed by atoms with van der Waals surface area (Å²) >= 11 is 1.43. The van der Waals surface area contributed by atoms with Crippen molar-refractivity contribution in [1.29, 1.82) is 0 Å². The predicted molar refractivity (Wildman–Crippen MR) is 84.5 cm³/mol. The fourth-order valence-corrected chi connectivity index (χ4v) is 3.05. The lowest BCUT2D eigenvalue weighted by atomic mass is 10.2. The first-order chi connectivity index (χ1) is 11.1. The topological polar surface area (TPSA) is 79.5 Å². The molecule has 0 spiro atoms. The van der Waals surface area contributed by atoms with E-state index in [1.807, 2.05) is 31.4 Å². The lowest BCUT2D eigenvalue weighted by molar-refractivity contribution is 0.0514. The molecule has 8 heteroatoms. The van der Waals surface area contributed by atoms with Crippen LogP contribution >= 0.6 is 11.3 Å². The number of aromatic nitrogens is 2. The van der Waals surface area contributed by atoms with Crippen molar-refractivity contribution >= 4 is 23.2 Å². The summed E-state index contributed by atoms with van der Waals surface area (Å²) in [6, 6.07) is 3.68.